The Morgan fingerprint density at radius 3 is 2.42 bits per heavy atom. The van der Waals surface area contributed by atoms with Crippen LogP contribution in [-0.4, -0.2) is 39.8 Å². The summed E-state index contributed by atoms with van der Waals surface area (Å²) in [5.74, 6) is -1.04. The number of nitro benzene ring substituents is 1. The molecule has 0 radical (unpaired) electrons. The second-order valence-corrected chi connectivity index (χ2v) is 7.41. The van der Waals surface area contributed by atoms with Crippen molar-refractivity contribution in [1.82, 2.24) is 15.1 Å². The highest BCUT2D eigenvalue weighted by atomic mass is 16.6. The third-order valence-corrected chi connectivity index (χ3v) is 4.69. The van der Waals surface area contributed by atoms with Crippen molar-refractivity contribution < 1.29 is 24.0 Å². The summed E-state index contributed by atoms with van der Waals surface area (Å²) in [5.41, 5.74) is 0.646. The average molecular weight is 452 g/mol. The van der Waals surface area contributed by atoms with Gasteiger partial charge in [-0.3, -0.25) is 19.7 Å². The first kappa shape index (κ1) is 23.5. The lowest BCUT2D eigenvalue weighted by Crippen LogP contribution is -2.32. The molecule has 1 N–H and O–H groups in total. The van der Waals surface area contributed by atoms with E-state index in [1.165, 1.54) is 30.0 Å². The number of amides is 1. The predicted octanol–water partition coefficient (Wildman–Crippen LogP) is 3.60. The minimum absolute atomic E-state index is 0.0258. The smallest absolute Gasteiger partial charge is 0.308 e. The summed E-state index contributed by atoms with van der Waals surface area (Å²) in [6.45, 7) is 3.38. The van der Waals surface area contributed by atoms with Gasteiger partial charge in [-0.25, -0.2) is 4.68 Å². The van der Waals surface area contributed by atoms with Gasteiger partial charge in [0.05, 0.1) is 48.0 Å². The van der Waals surface area contributed by atoms with Crippen LogP contribution in [0, 0.1) is 10.1 Å². The van der Waals surface area contributed by atoms with E-state index in [1.807, 2.05) is 30.3 Å². The highest BCUT2D eigenvalue weighted by molar-refractivity contribution is 5.95. The number of aromatic nitrogens is 2. The van der Waals surface area contributed by atoms with E-state index in [1.54, 1.807) is 26.1 Å². The zero-order valence-corrected chi connectivity index (χ0v) is 18.4. The lowest BCUT2D eigenvalue weighted by Gasteiger charge is -2.19. The fourth-order valence-electron chi connectivity index (χ4n) is 3.27. The molecule has 1 heterocycles. The average Bonchev–Trinajstić information content (AvgIpc) is 3.23. The summed E-state index contributed by atoms with van der Waals surface area (Å²) in [7, 11) is 1.41. The van der Waals surface area contributed by atoms with Gasteiger partial charge >= 0.3 is 5.97 Å². The van der Waals surface area contributed by atoms with Crippen molar-refractivity contribution in [3.05, 3.63) is 82.2 Å². The van der Waals surface area contributed by atoms with Crippen LogP contribution in [0.4, 0.5) is 5.69 Å². The van der Waals surface area contributed by atoms with Crippen molar-refractivity contribution in [3.8, 4) is 11.4 Å². The first-order valence-corrected chi connectivity index (χ1v) is 10.2. The Morgan fingerprint density at radius 1 is 1.12 bits per heavy atom. The van der Waals surface area contributed by atoms with Crippen LogP contribution in [0.15, 0.2) is 60.8 Å². The molecule has 0 aliphatic heterocycles. The Balaban J connectivity index is 1.94. The number of nitrogens with one attached hydrogen (secondary N) is 1. The molecule has 172 valence electrons. The summed E-state index contributed by atoms with van der Waals surface area (Å²) < 4.78 is 12.0. The van der Waals surface area contributed by atoms with Crippen LogP contribution in [0.25, 0.3) is 5.69 Å². The largest absolute Gasteiger partial charge is 0.493 e. The maximum absolute atomic E-state index is 13.1. The monoisotopic (exact) mass is 452 g/mol. The van der Waals surface area contributed by atoms with E-state index in [0.717, 1.165) is 0 Å². The molecule has 0 saturated carbocycles. The molecule has 10 heteroatoms. The molecule has 2 aromatic carbocycles. The number of nitro groups is 1. The summed E-state index contributed by atoms with van der Waals surface area (Å²) in [6.07, 6.45) is 0.884. The Hall–Kier alpha value is -4.21. The second-order valence-electron chi connectivity index (χ2n) is 7.41. The second kappa shape index (κ2) is 10.4. The third-order valence-electron chi connectivity index (χ3n) is 4.69. The number of rotatable bonds is 9. The van der Waals surface area contributed by atoms with E-state index in [-0.39, 0.29) is 35.2 Å². The van der Waals surface area contributed by atoms with Gasteiger partial charge in [0.1, 0.15) is 0 Å². The molecule has 33 heavy (non-hydrogen) atoms. The number of hydrogen-bond acceptors (Lipinski definition) is 7. The number of methoxy groups -OCH3 is 1. The maximum atomic E-state index is 13.1. The zero-order chi connectivity index (χ0) is 24.0. The highest BCUT2D eigenvalue weighted by Crippen LogP contribution is 2.29. The molecule has 3 aromatic rings. The molecule has 0 aliphatic rings. The quantitative estimate of drug-likeness (QED) is 0.299. The van der Waals surface area contributed by atoms with E-state index in [4.69, 9.17) is 9.47 Å². The molecule has 0 spiro atoms. The van der Waals surface area contributed by atoms with E-state index in [0.29, 0.717) is 5.69 Å². The molecule has 1 aromatic heterocycles. The molecular formula is C23H24N4O6. The van der Waals surface area contributed by atoms with Crippen molar-refractivity contribution in [2.45, 2.75) is 32.4 Å². The minimum Gasteiger partial charge on any atom is -0.493 e. The molecule has 3 rings (SSSR count). The van der Waals surface area contributed by atoms with Crippen molar-refractivity contribution in [2.24, 2.45) is 0 Å². The summed E-state index contributed by atoms with van der Waals surface area (Å²) >= 11 is 0. The van der Waals surface area contributed by atoms with Crippen LogP contribution in [0.1, 0.15) is 42.4 Å². The number of para-hydroxylation sites is 2. The summed E-state index contributed by atoms with van der Waals surface area (Å²) in [5, 5.41) is 18.5. The van der Waals surface area contributed by atoms with Gasteiger partial charge in [0, 0.05) is 6.07 Å². The van der Waals surface area contributed by atoms with Crippen LogP contribution in [-0.2, 0) is 9.53 Å². The Morgan fingerprint density at radius 2 is 1.79 bits per heavy atom. The van der Waals surface area contributed by atoms with Crippen molar-refractivity contribution in [2.75, 3.05) is 7.11 Å². The van der Waals surface area contributed by atoms with E-state index < -0.39 is 22.8 Å². The number of ether oxygens (including phenoxy) is 2. The van der Waals surface area contributed by atoms with E-state index >= 15 is 0 Å². The number of carbonyl (C=O) groups is 2. The number of hydrogen-bond donors (Lipinski definition) is 1. The molecule has 0 aliphatic carbocycles. The van der Waals surface area contributed by atoms with Gasteiger partial charge in [0.2, 0.25) is 0 Å². The van der Waals surface area contributed by atoms with Crippen LogP contribution in [0.3, 0.4) is 0 Å². The number of nitrogens with zero attached hydrogens (tertiary/aromatic N) is 3. The van der Waals surface area contributed by atoms with Crippen molar-refractivity contribution >= 4 is 17.6 Å². The summed E-state index contributed by atoms with van der Waals surface area (Å²) in [6, 6.07) is 14.0. The number of esters is 1. The molecular weight excluding hydrogens is 428 g/mol. The van der Waals surface area contributed by atoms with E-state index in [2.05, 4.69) is 10.4 Å². The Bertz CT molecular complexity index is 1140. The number of carbonyl (C=O) groups excluding carboxylic acids is 2. The third kappa shape index (κ3) is 5.73. The molecule has 0 bridgehead atoms. The van der Waals surface area contributed by atoms with Crippen molar-refractivity contribution in [3.63, 3.8) is 0 Å². The normalized spacial score (nSPS) is 11.6. The Kier molecular flexibility index (Phi) is 7.39. The van der Waals surface area contributed by atoms with Gasteiger partial charge in [-0.1, -0.05) is 36.4 Å². The van der Waals surface area contributed by atoms with E-state index in [9.17, 15) is 19.7 Å². The SMILES string of the molecule is COc1cn(-c2ccccc2)nc1C(=O)NC(CC(=O)OC(C)C)c1ccccc1[N+](=O)[O-]. The molecule has 0 saturated heterocycles. The lowest BCUT2D eigenvalue weighted by molar-refractivity contribution is -0.385. The van der Waals surface area contributed by atoms with Gasteiger partial charge in [-0.05, 0) is 26.0 Å². The first-order valence-electron chi connectivity index (χ1n) is 10.2. The fraction of sp³-hybridized carbons (Fsp3) is 0.261. The molecule has 0 fully saturated rings. The van der Waals surface area contributed by atoms with Gasteiger partial charge in [0.15, 0.2) is 11.4 Å². The van der Waals surface area contributed by atoms with Gasteiger partial charge < -0.3 is 14.8 Å². The molecule has 1 atom stereocenters. The van der Waals surface area contributed by atoms with Crippen LogP contribution < -0.4 is 10.1 Å². The Labute approximate surface area is 190 Å². The van der Waals surface area contributed by atoms with Gasteiger partial charge in [-0.2, -0.15) is 5.10 Å². The first-order chi connectivity index (χ1) is 15.8. The standard InChI is InChI=1S/C23H24N4O6/c1-15(2)33-21(28)13-18(17-11-7-8-12-19(17)27(30)31)24-23(29)22-20(32-3)14-26(25-22)16-9-5-4-6-10-16/h4-12,14-15,18H,13H2,1-3H3,(H,24,29). The maximum Gasteiger partial charge on any atom is 0.308 e. The number of benzene rings is 2. The van der Waals surface area contributed by atoms with Crippen LogP contribution >= 0.6 is 0 Å². The lowest BCUT2D eigenvalue weighted by atomic mass is 10.0. The van der Waals surface area contributed by atoms with Crippen molar-refractivity contribution in [1.29, 1.82) is 0 Å². The predicted molar refractivity (Wildman–Crippen MR) is 119 cm³/mol. The van der Waals surface area contributed by atoms with Crippen LogP contribution in [0.2, 0.25) is 0 Å². The van der Waals surface area contributed by atoms with Gasteiger partial charge in [0.25, 0.3) is 11.6 Å². The molecule has 1 unspecified atom stereocenters. The highest BCUT2D eigenvalue weighted by Gasteiger charge is 2.29. The summed E-state index contributed by atoms with van der Waals surface area (Å²) in [4.78, 5) is 36.5. The molecule has 1 amide bonds. The zero-order valence-electron chi connectivity index (χ0n) is 18.4. The topological polar surface area (TPSA) is 126 Å². The van der Waals surface area contributed by atoms with Crippen LogP contribution in [0.5, 0.6) is 5.75 Å². The van der Waals surface area contributed by atoms with Gasteiger partial charge in [-0.15, -0.1) is 0 Å². The fourth-order valence-corrected chi connectivity index (χ4v) is 3.27. The minimum atomic E-state index is -1.02. The molecule has 10 nitrogen and oxygen atoms in total.